The summed E-state index contributed by atoms with van der Waals surface area (Å²) >= 11 is 0. The van der Waals surface area contributed by atoms with E-state index in [4.69, 9.17) is 4.74 Å². The molecular weight excluding hydrogens is 314 g/mol. The summed E-state index contributed by atoms with van der Waals surface area (Å²) < 4.78 is 5.52. The van der Waals surface area contributed by atoms with Gasteiger partial charge in [-0.25, -0.2) is 0 Å². The fourth-order valence-electron chi connectivity index (χ4n) is 6.30. The fourth-order valence-corrected chi connectivity index (χ4v) is 6.30. The Balaban J connectivity index is 1.24. The van der Waals surface area contributed by atoms with Crippen molar-refractivity contribution in [2.45, 2.75) is 51.0 Å². The van der Waals surface area contributed by atoms with Crippen LogP contribution in [-0.2, 0) is 11.2 Å². The molecule has 1 aliphatic heterocycles. The van der Waals surface area contributed by atoms with Crippen molar-refractivity contribution in [3.05, 3.63) is 29.3 Å². The molecule has 4 saturated carbocycles. The van der Waals surface area contributed by atoms with Crippen LogP contribution in [0.25, 0.3) is 0 Å². The summed E-state index contributed by atoms with van der Waals surface area (Å²) in [6, 6.07) is 5.86. The summed E-state index contributed by atoms with van der Waals surface area (Å²) in [7, 11) is 0. The van der Waals surface area contributed by atoms with Crippen LogP contribution in [0.1, 0.15) is 55.8 Å². The highest BCUT2D eigenvalue weighted by atomic mass is 16.5. The number of nitrogens with one attached hydrogen (secondary N) is 1. The van der Waals surface area contributed by atoms with Gasteiger partial charge in [0.2, 0.25) is 5.91 Å². The van der Waals surface area contributed by atoms with Crippen LogP contribution in [0.5, 0.6) is 5.75 Å². The van der Waals surface area contributed by atoms with Crippen molar-refractivity contribution >= 4 is 5.91 Å². The number of hydrogen-bond donors (Lipinski definition) is 2. The summed E-state index contributed by atoms with van der Waals surface area (Å²) in [4.78, 5) is 13.0. The van der Waals surface area contributed by atoms with Gasteiger partial charge in [-0.3, -0.25) is 4.79 Å². The molecule has 0 spiro atoms. The van der Waals surface area contributed by atoms with E-state index < -0.39 is 6.10 Å². The van der Waals surface area contributed by atoms with Crippen molar-refractivity contribution < 1.29 is 14.6 Å². The smallest absolute Gasteiger partial charge is 0.226 e. The van der Waals surface area contributed by atoms with E-state index in [9.17, 15) is 9.90 Å². The van der Waals surface area contributed by atoms with Crippen molar-refractivity contribution in [3.63, 3.8) is 0 Å². The topological polar surface area (TPSA) is 58.6 Å². The first kappa shape index (κ1) is 15.7. The first-order valence-electron chi connectivity index (χ1n) is 9.83. The molecule has 0 saturated heterocycles. The molecule has 1 atom stereocenters. The first-order valence-corrected chi connectivity index (χ1v) is 9.83. The van der Waals surface area contributed by atoms with Gasteiger partial charge in [-0.1, -0.05) is 6.07 Å². The molecule has 1 aromatic carbocycles. The summed E-state index contributed by atoms with van der Waals surface area (Å²) in [6.07, 6.45) is 7.47. The minimum Gasteiger partial charge on any atom is -0.493 e. The molecule has 1 aromatic rings. The molecule has 1 amide bonds. The van der Waals surface area contributed by atoms with Crippen LogP contribution in [0.15, 0.2) is 18.2 Å². The van der Waals surface area contributed by atoms with Crippen LogP contribution in [0.2, 0.25) is 0 Å². The number of carbonyl (C=O) groups excluding carboxylic acids is 1. The lowest BCUT2D eigenvalue weighted by Gasteiger charge is -2.55. The molecule has 4 aliphatic carbocycles. The Morgan fingerprint density at radius 1 is 1.20 bits per heavy atom. The summed E-state index contributed by atoms with van der Waals surface area (Å²) in [5.41, 5.74) is 1.89. The van der Waals surface area contributed by atoms with E-state index in [-0.39, 0.29) is 11.3 Å². The average molecular weight is 341 g/mol. The van der Waals surface area contributed by atoms with E-state index in [0.717, 1.165) is 66.9 Å². The maximum atomic E-state index is 13.0. The highest BCUT2D eigenvalue weighted by Crippen LogP contribution is 2.60. The molecule has 4 nitrogen and oxygen atoms in total. The van der Waals surface area contributed by atoms with Gasteiger partial charge in [-0.05, 0) is 79.5 Å². The van der Waals surface area contributed by atoms with Gasteiger partial charge in [0.15, 0.2) is 0 Å². The molecule has 1 unspecified atom stereocenters. The van der Waals surface area contributed by atoms with E-state index in [1.54, 1.807) is 0 Å². The number of aliphatic hydroxyl groups excluding tert-OH is 1. The van der Waals surface area contributed by atoms with E-state index in [2.05, 4.69) is 5.32 Å². The lowest BCUT2D eigenvalue weighted by molar-refractivity contribution is -0.146. The van der Waals surface area contributed by atoms with Crippen LogP contribution in [0, 0.1) is 23.2 Å². The van der Waals surface area contributed by atoms with Crippen LogP contribution < -0.4 is 10.1 Å². The van der Waals surface area contributed by atoms with Gasteiger partial charge in [-0.15, -0.1) is 0 Å². The molecule has 4 bridgehead atoms. The normalized spacial score (nSPS) is 36.0. The van der Waals surface area contributed by atoms with Gasteiger partial charge in [0.25, 0.3) is 0 Å². The quantitative estimate of drug-likeness (QED) is 0.885. The summed E-state index contributed by atoms with van der Waals surface area (Å²) in [6.45, 7) is 1.03. The molecule has 6 rings (SSSR count). The third kappa shape index (κ3) is 2.66. The van der Waals surface area contributed by atoms with Crippen molar-refractivity contribution in [3.8, 4) is 5.75 Å². The first-order chi connectivity index (χ1) is 12.1. The minimum atomic E-state index is -0.649. The van der Waals surface area contributed by atoms with Gasteiger partial charge in [0.1, 0.15) is 5.75 Å². The standard InChI is InChI=1S/C21H27NO3/c23-18(16-1-2-19-17(8-16)3-4-25-19)12-22-20(24)21-9-13-5-14(10-21)7-15(6-13)11-21/h1-2,8,13-15,18,23H,3-7,9-12H2,(H,22,24). The third-order valence-electron chi connectivity index (χ3n) is 7.07. The SMILES string of the molecule is O=C(NCC(O)c1ccc2c(c1)CCO2)C12CC3CC(CC(C3)C1)C2. The number of ether oxygens (including phenoxy) is 1. The molecule has 2 N–H and O–H groups in total. The second kappa shape index (κ2) is 5.73. The molecule has 134 valence electrons. The number of rotatable bonds is 4. The van der Waals surface area contributed by atoms with Crippen molar-refractivity contribution in [1.82, 2.24) is 5.32 Å². The average Bonchev–Trinajstić information content (AvgIpc) is 3.05. The third-order valence-corrected chi connectivity index (χ3v) is 7.07. The minimum absolute atomic E-state index is 0.139. The maximum Gasteiger partial charge on any atom is 0.226 e. The molecule has 25 heavy (non-hydrogen) atoms. The zero-order valence-corrected chi connectivity index (χ0v) is 14.7. The zero-order chi connectivity index (χ0) is 17.0. The highest BCUT2D eigenvalue weighted by Gasteiger charge is 2.54. The monoisotopic (exact) mass is 341 g/mol. The lowest BCUT2D eigenvalue weighted by Crippen LogP contribution is -2.54. The summed E-state index contributed by atoms with van der Waals surface area (Å²) in [5.74, 6) is 3.40. The molecule has 5 aliphatic rings. The molecule has 4 fully saturated rings. The van der Waals surface area contributed by atoms with Crippen molar-refractivity contribution in [1.29, 1.82) is 0 Å². The number of benzene rings is 1. The number of fused-ring (bicyclic) bond motifs is 1. The highest BCUT2D eigenvalue weighted by molar-refractivity contribution is 5.83. The van der Waals surface area contributed by atoms with E-state index in [1.165, 1.54) is 19.3 Å². The fraction of sp³-hybridized carbons (Fsp3) is 0.667. The molecule has 0 radical (unpaired) electrons. The predicted octanol–water partition coefficient (Wildman–Crippen LogP) is 2.99. The van der Waals surface area contributed by atoms with E-state index in [0.29, 0.717) is 6.54 Å². The summed E-state index contributed by atoms with van der Waals surface area (Å²) in [5, 5.41) is 13.6. The predicted molar refractivity (Wildman–Crippen MR) is 94.2 cm³/mol. The Labute approximate surface area is 149 Å². The van der Waals surface area contributed by atoms with Crippen LogP contribution in [-0.4, -0.2) is 24.2 Å². The Morgan fingerprint density at radius 3 is 2.56 bits per heavy atom. The zero-order valence-electron chi connectivity index (χ0n) is 14.7. The van der Waals surface area contributed by atoms with Gasteiger partial charge in [0.05, 0.1) is 12.7 Å². The Hall–Kier alpha value is -1.55. The van der Waals surface area contributed by atoms with Crippen LogP contribution in [0.3, 0.4) is 0 Å². The van der Waals surface area contributed by atoms with Crippen LogP contribution >= 0.6 is 0 Å². The van der Waals surface area contributed by atoms with E-state index >= 15 is 0 Å². The molecular formula is C21H27NO3. The largest absolute Gasteiger partial charge is 0.493 e. The van der Waals surface area contributed by atoms with Gasteiger partial charge in [0, 0.05) is 18.4 Å². The van der Waals surface area contributed by atoms with Gasteiger partial charge in [-0.2, -0.15) is 0 Å². The number of aliphatic hydroxyl groups is 1. The van der Waals surface area contributed by atoms with E-state index in [1.807, 2.05) is 18.2 Å². The molecule has 1 heterocycles. The Bertz CT molecular complexity index is 663. The van der Waals surface area contributed by atoms with Gasteiger partial charge < -0.3 is 15.2 Å². The second-order valence-corrected chi connectivity index (χ2v) is 8.89. The van der Waals surface area contributed by atoms with Gasteiger partial charge >= 0.3 is 0 Å². The number of hydrogen-bond acceptors (Lipinski definition) is 3. The molecule has 0 aromatic heterocycles. The maximum absolute atomic E-state index is 13.0. The van der Waals surface area contributed by atoms with Crippen molar-refractivity contribution in [2.75, 3.05) is 13.2 Å². The number of carbonyl (C=O) groups is 1. The Morgan fingerprint density at radius 2 is 1.88 bits per heavy atom. The lowest BCUT2D eigenvalue weighted by atomic mass is 9.49. The van der Waals surface area contributed by atoms with Crippen molar-refractivity contribution in [2.24, 2.45) is 23.2 Å². The van der Waals surface area contributed by atoms with Crippen LogP contribution in [0.4, 0.5) is 0 Å². The number of amides is 1. The second-order valence-electron chi connectivity index (χ2n) is 8.89. The molecule has 4 heteroatoms. The Kier molecular flexibility index (Phi) is 3.60.